The number of benzene rings is 3. The lowest BCUT2D eigenvalue weighted by Crippen LogP contribution is -2.12. The predicted molar refractivity (Wildman–Crippen MR) is 140 cm³/mol. The molecule has 196 valence electrons. The van der Waals surface area contributed by atoms with Gasteiger partial charge in [-0.1, -0.05) is 61.7 Å². The van der Waals surface area contributed by atoms with Crippen LogP contribution in [0.1, 0.15) is 37.0 Å². The summed E-state index contributed by atoms with van der Waals surface area (Å²) in [6, 6.07) is 17.6. The quantitative estimate of drug-likeness (QED) is 0.165. The molecule has 0 aliphatic carbocycles. The van der Waals surface area contributed by atoms with Crippen molar-refractivity contribution in [1.82, 2.24) is 0 Å². The Bertz CT molecular complexity index is 1370. The van der Waals surface area contributed by atoms with Crippen LogP contribution in [-0.2, 0) is 38.6 Å². The van der Waals surface area contributed by atoms with Crippen LogP contribution in [0.15, 0.2) is 85.0 Å². The molecule has 0 atom stereocenters. The molecule has 38 heavy (non-hydrogen) atoms. The fourth-order valence-corrected chi connectivity index (χ4v) is 3.46. The summed E-state index contributed by atoms with van der Waals surface area (Å²) in [5.41, 5.74) is 4.21. The van der Waals surface area contributed by atoms with Gasteiger partial charge in [-0.2, -0.15) is 4.39 Å². The summed E-state index contributed by atoms with van der Waals surface area (Å²) in [5, 5.41) is 0. The molecule has 0 N–H and O–H groups in total. The molecule has 0 aliphatic rings. The minimum atomic E-state index is -1.33. The van der Waals surface area contributed by atoms with Gasteiger partial charge >= 0.3 is 11.9 Å². The van der Waals surface area contributed by atoms with Crippen molar-refractivity contribution in [2.45, 2.75) is 39.7 Å². The van der Waals surface area contributed by atoms with Gasteiger partial charge in [-0.25, -0.2) is 9.18 Å². The molecule has 0 radical (unpaired) electrons. The fourth-order valence-electron chi connectivity index (χ4n) is 3.46. The summed E-state index contributed by atoms with van der Waals surface area (Å²) in [4.78, 5) is 35.5. The van der Waals surface area contributed by atoms with Crippen LogP contribution in [0, 0.1) is 11.6 Å². The average molecular weight is 519 g/mol. The van der Waals surface area contributed by atoms with Gasteiger partial charge < -0.3 is 9.47 Å². The average Bonchev–Trinajstić information content (AvgIpc) is 2.90. The van der Waals surface area contributed by atoms with Gasteiger partial charge in [0.2, 0.25) is 5.82 Å². The second kappa shape index (κ2) is 12.7. The Morgan fingerprint density at radius 2 is 1.34 bits per heavy atom. The van der Waals surface area contributed by atoms with E-state index in [-0.39, 0.29) is 23.3 Å². The maximum Gasteiger partial charge on any atom is 0.333 e. The van der Waals surface area contributed by atoms with Crippen molar-refractivity contribution in [3.05, 3.63) is 113 Å². The molecule has 0 amide bonds. The predicted octanol–water partition coefficient (Wildman–Crippen LogP) is 6.48. The smallest absolute Gasteiger partial charge is 0.333 e. The van der Waals surface area contributed by atoms with Crippen LogP contribution in [0.5, 0.6) is 5.75 Å². The molecule has 0 fully saturated rings. The first-order valence-corrected chi connectivity index (χ1v) is 11.9. The highest BCUT2D eigenvalue weighted by Crippen LogP contribution is 2.25. The highest BCUT2D eigenvalue weighted by molar-refractivity contribution is 5.95. The summed E-state index contributed by atoms with van der Waals surface area (Å²) in [7, 11) is 0. The van der Waals surface area contributed by atoms with E-state index in [4.69, 9.17) is 9.47 Å². The van der Waals surface area contributed by atoms with E-state index in [0.717, 1.165) is 28.3 Å². The second-order valence-corrected chi connectivity index (χ2v) is 8.96. The molecule has 0 aliphatic heterocycles. The summed E-state index contributed by atoms with van der Waals surface area (Å²) in [5.74, 6) is -4.55. The number of rotatable bonds is 11. The highest BCUT2D eigenvalue weighted by Gasteiger charge is 2.18. The van der Waals surface area contributed by atoms with Crippen LogP contribution in [0.25, 0.3) is 11.1 Å². The van der Waals surface area contributed by atoms with Crippen molar-refractivity contribution < 1.29 is 32.6 Å². The van der Waals surface area contributed by atoms with Gasteiger partial charge in [0, 0.05) is 24.0 Å². The van der Waals surface area contributed by atoms with E-state index in [2.05, 4.69) is 13.2 Å². The maximum absolute atomic E-state index is 14.4. The van der Waals surface area contributed by atoms with Gasteiger partial charge in [-0.3, -0.25) is 9.59 Å². The van der Waals surface area contributed by atoms with Crippen molar-refractivity contribution >= 4 is 17.7 Å². The number of Topliss-reactive ketones (excluding diaryl/α,β-unsaturated/α-hetero) is 1. The van der Waals surface area contributed by atoms with Gasteiger partial charge in [0.05, 0.1) is 0 Å². The minimum Gasteiger partial charge on any atom is -0.457 e. The standard InChI is InChI=1S/C31H28F2O5/c1-19(2)26(34)17-22-7-12-24(13-8-22)23-10-5-21(6-11-23)9-16-28(35)38-27-15-14-25(29(32)30(27)33)18-37-31(36)20(3)4/h5-8,10-15H,1,3,9,16-18H2,2,4H3. The third-order valence-corrected chi connectivity index (χ3v) is 5.76. The Labute approximate surface area is 220 Å². The van der Waals surface area contributed by atoms with Gasteiger partial charge in [0.15, 0.2) is 17.3 Å². The molecule has 5 nitrogen and oxygen atoms in total. The number of allylic oxidation sites excluding steroid dienone is 1. The molecular weight excluding hydrogens is 490 g/mol. The van der Waals surface area contributed by atoms with E-state index in [9.17, 15) is 23.2 Å². The van der Waals surface area contributed by atoms with Crippen molar-refractivity contribution in [2.75, 3.05) is 0 Å². The number of ether oxygens (including phenoxy) is 2. The highest BCUT2D eigenvalue weighted by atomic mass is 19.2. The lowest BCUT2D eigenvalue weighted by atomic mass is 9.99. The SMILES string of the molecule is C=C(C)C(=O)Cc1ccc(-c2ccc(CCC(=O)Oc3ccc(COC(=O)C(=C)C)c(F)c3F)cc2)cc1. The largest absolute Gasteiger partial charge is 0.457 e. The van der Waals surface area contributed by atoms with E-state index < -0.39 is 35.9 Å². The maximum atomic E-state index is 14.4. The molecule has 7 heteroatoms. The molecule has 3 aromatic carbocycles. The zero-order valence-corrected chi connectivity index (χ0v) is 21.3. The first-order valence-electron chi connectivity index (χ1n) is 11.9. The van der Waals surface area contributed by atoms with Gasteiger partial charge in [0.25, 0.3) is 0 Å². The number of esters is 2. The molecule has 3 aromatic rings. The monoisotopic (exact) mass is 518 g/mol. The van der Waals surface area contributed by atoms with Crippen molar-refractivity contribution in [2.24, 2.45) is 0 Å². The number of carbonyl (C=O) groups is 3. The second-order valence-electron chi connectivity index (χ2n) is 8.96. The lowest BCUT2D eigenvalue weighted by molar-refractivity contribution is -0.140. The summed E-state index contributed by atoms with van der Waals surface area (Å²) >= 11 is 0. The van der Waals surface area contributed by atoms with Crippen LogP contribution in [-0.4, -0.2) is 17.7 Å². The molecule has 0 unspecified atom stereocenters. The van der Waals surface area contributed by atoms with Crippen LogP contribution in [0.3, 0.4) is 0 Å². The Balaban J connectivity index is 1.54. The molecule has 3 rings (SSSR count). The van der Waals surface area contributed by atoms with Crippen LogP contribution in [0.4, 0.5) is 8.78 Å². The topological polar surface area (TPSA) is 69.7 Å². The van der Waals surface area contributed by atoms with E-state index in [1.54, 1.807) is 6.92 Å². The first kappa shape index (κ1) is 28.2. The minimum absolute atomic E-state index is 0.00660. The Morgan fingerprint density at radius 3 is 1.89 bits per heavy atom. The molecule has 0 saturated heterocycles. The number of hydrogen-bond acceptors (Lipinski definition) is 5. The van der Waals surface area contributed by atoms with Gasteiger partial charge in [0.1, 0.15) is 6.61 Å². The summed E-state index contributed by atoms with van der Waals surface area (Å²) in [6.07, 6.45) is 0.625. The number of aryl methyl sites for hydroxylation is 1. The van der Waals surface area contributed by atoms with Gasteiger partial charge in [-0.05, 0) is 60.2 Å². The normalized spacial score (nSPS) is 10.5. The summed E-state index contributed by atoms with van der Waals surface area (Å²) in [6.45, 7) is 9.74. The van der Waals surface area contributed by atoms with Crippen molar-refractivity contribution in [3.63, 3.8) is 0 Å². The lowest BCUT2D eigenvalue weighted by Gasteiger charge is -2.10. The Hall–Kier alpha value is -4.39. The number of ketones is 1. The molecule has 0 bridgehead atoms. The van der Waals surface area contributed by atoms with E-state index in [0.29, 0.717) is 18.4 Å². The number of hydrogen-bond donors (Lipinski definition) is 0. The van der Waals surface area contributed by atoms with E-state index >= 15 is 0 Å². The summed E-state index contributed by atoms with van der Waals surface area (Å²) < 4.78 is 38.5. The molecule has 0 saturated carbocycles. The van der Waals surface area contributed by atoms with E-state index in [1.165, 1.54) is 13.0 Å². The Kier molecular flexibility index (Phi) is 9.44. The Morgan fingerprint density at radius 1 is 0.763 bits per heavy atom. The van der Waals surface area contributed by atoms with Crippen molar-refractivity contribution in [3.8, 4) is 16.9 Å². The first-order chi connectivity index (χ1) is 18.0. The zero-order chi connectivity index (χ0) is 27.8. The number of carbonyl (C=O) groups excluding carboxylic acids is 3. The van der Waals surface area contributed by atoms with Crippen LogP contribution >= 0.6 is 0 Å². The molecular formula is C31H28F2O5. The van der Waals surface area contributed by atoms with Crippen LogP contribution in [0.2, 0.25) is 0 Å². The third-order valence-electron chi connectivity index (χ3n) is 5.76. The third kappa shape index (κ3) is 7.56. The molecule has 0 spiro atoms. The molecule has 0 heterocycles. The van der Waals surface area contributed by atoms with Crippen LogP contribution < -0.4 is 4.74 Å². The van der Waals surface area contributed by atoms with E-state index in [1.807, 2.05) is 48.5 Å². The van der Waals surface area contributed by atoms with Crippen molar-refractivity contribution in [1.29, 1.82) is 0 Å². The molecule has 0 aromatic heterocycles. The van der Waals surface area contributed by atoms with Gasteiger partial charge in [-0.15, -0.1) is 0 Å². The fraction of sp³-hybridized carbons (Fsp3) is 0.194. The zero-order valence-electron chi connectivity index (χ0n) is 21.3. The number of halogens is 2.